The highest BCUT2D eigenvalue weighted by Gasteiger charge is 2.71. The van der Waals surface area contributed by atoms with Gasteiger partial charge in [-0.1, -0.05) is 34.8 Å². The first kappa shape index (κ1) is 11.4. The molecule has 2 bridgehead atoms. The van der Waals surface area contributed by atoms with Gasteiger partial charge in [0, 0.05) is 5.92 Å². The molecule has 5 atom stereocenters. The van der Waals surface area contributed by atoms with Crippen LogP contribution in [0.25, 0.3) is 0 Å². The maximum Gasteiger partial charge on any atom is 0.312 e. The maximum absolute atomic E-state index is 11.7. The van der Waals surface area contributed by atoms with Gasteiger partial charge in [-0.3, -0.25) is 4.79 Å². The van der Waals surface area contributed by atoms with Gasteiger partial charge in [-0.05, 0) is 31.1 Å². The van der Waals surface area contributed by atoms with Crippen molar-refractivity contribution < 1.29 is 14.6 Å². The van der Waals surface area contributed by atoms with Gasteiger partial charge in [0.15, 0.2) is 0 Å². The molecule has 3 rings (SSSR count). The van der Waals surface area contributed by atoms with Crippen LogP contribution >= 0.6 is 34.8 Å². The van der Waals surface area contributed by atoms with Gasteiger partial charge < -0.3 is 9.84 Å². The van der Waals surface area contributed by atoms with Crippen LogP contribution in [0.2, 0.25) is 0 Å². The fourth-order valence-electron chi connectivity index (χ4n) is 3.73. The third-order valence-corrected chi connectivity index (χ3v) is 5.12. The van der Waals surface area contributed by atoms with Crippen LogP contribution < -0.4 is 0 Å². The molecule has 6 heteroatoms. The average molecular weight is 286 g/mol. The van der Waals surface area contributed by atoms with E-state index in [1.165, 1.54) is 0 Å². The minimum atomic E-state index is -1.98. The van der Waals surface area contributed by atoms with E-state index in [0.29, 0.717) is 5.92 Å². The number of esters is 1. The second kappa shape index (κ2) is 3.19. The van der Waals surface area contributed by atoms with E-state index in [2.05, 4.69) is 0 Å². The molecule has 3 fully saturated rings. The number of fused-ring (bicyclic) bond motifs is 5. The summed E-state index contributed by atoms with van der Waals surface area (Å²) >= 11 is 17.3. The largest absolute Gasteiger partial charge is 0.428 e. The Hall–Kier alpha value is 0.300. The number of aliphatic hydroxyl groups is 1. The van der Waals surface area contributed by atoms with E-state index >= 15 is 0 Å². The van der Waals surface area contributed by atoms with Gasteiger partial charge in [-0.25, -0.2) is 0 Å². The summed E-state index contributed by atoms with van der Waals surface area (Å²) in [5.41, 5.74) is 0. The van der Waals surface area contributed by atoms with Crippen LogP contribution in [0.15, 0.2) is 0 Å². The molecule has 16 heavy (non-hydrogen) atoms. The number of carbonyl (C=O) groups excluding carboxylic acids is 1. The first-order valence-corrected chi connectivity index (χ1v) is 6.50. The second-order valence-corrected chi connectivity index (χ2v) is 7.28. The SMILES string of the molecule is O=C1O[C@@](O)(C(Cl)(Cl)Cl)[C@@H]2[C@@H]3CC[C@@H](C3)[C@@H]12. The van der Waals surface area contributed by atoms with E-state index in [4.69, 9.17) is 39.5 Å². The smallest absolute Gasteiger partial charge is 0.312 e. The standard InChI is InChI=1S/C10H11Cl3O3/c11-10(12,13)9(15)7-5-2-1-4(3-5)6(7)8(14)16-9/h4-7,15H,1-3H2/t4-,5+,6+,7+,9+/m0/s1. The van der Waals surface area contributed by atoms with Crippen LogP contribution in [0.4, 0.5) is 0 Å². The van der Waals surface area contributed by atoms with Gasteiger partial charge in [0.25, 0.3) is 9.58 Å². The lowest BCUT2D eigenvalue weighted by Gasteiger charge is -2.36. The molecule has 3 nitrogen and oxygen atoms in total. The van der Waals surface area contributed by atoms with E-state index in [1.807, 2.05) is 0 Å². The van der Waals surface area contributed by atoms with Crippen molar-refractivity contribution in [2.75, 3.05) is 0 Å². The van der Waals surface area contributed by atoms with Crippen molar-refractivity contribution in [1.82, 2.24) is 0 Å². The molecule has 0 radical (unpaired) electrons. The van der Waals surface area contributed by atoms with Crippen LogP contribution in [0.5, 0.6) is 0 Å². The molecule has 1 N–H and O–H groups in total. The summed E-state index contributed by atoms with van der Waals surface area (Å²) < 4.78 is 3.00. The first-order valence-electron chi connectivity index (χ1n) is 5.36. The molecular formula is C10H11Cl3O3. The fourth-order valence-corrected chi connectivity index (χ4v) is 4.22. The molecular weight excluding hydrogens is 274 g/mol. The first-order chi connectivity index (χ1) is 7.34. The lowest BCUT2D eigenvalue weighted by molar-refractivity contribution is -0.204. The van der Waals surface area contributed by atoms with Crippen LogP contribution in [0.1, 0.15) is 19.3 Å². The average Bonchev–Trinajstić information content (AvgIpc) is 2.77. The third kappa shape index (κ3) is 1.23. The summed E-state index contributed by atoms with van der Waals surface area (Å²) in [6.45, 7) is 0. The highest BCUT2D eigenvalue weighted by molar-refractivity contribution is 6.68. The van der Waals surface area contributed by atoms with Gasteiger partial charge >= 0.3 is 5.97 Å². The zero-order valence-corrected chi connectivity index (χ0v) is 10.6. The molecule has 0 aromatic carbocycles. The van der Waals surface area contributed by atoms with E-state index in [-0.39, 0.29) is 17.8 Å². The molecule has 0 amide bonds. The summed E-state index contributed by atoms with van der Waals surface area (Å²) in [6.07, 6.45) is 2.93. The monoisotopic (exact) mass is 284 g/mol. The van der Waals surface area contributed by atoms with Gasteiger partial charge in [0.05, 0.1) is 5.92 Å². The summed E-state index contributed by atoms with van der Waals surface area (Å²) in [7, 11) is 0. The molecule has 1 aliphatic heterocycles. The van der Waals surface area contributed by atoms with Crippen molar-refractivity contribution in [2.24, 2.45) is 23.7 Å². The number of carbonyl (C=O) groups is 1. The topological polar surface area (TPSA) is 46.5 Å². The van der Waals surface area contributed by atoms with Gasteiger partial charge in [0.2, 0.25) is 0 Å². The number of ether oxygens (including phenoxy) is 1. The van der Waals surface area contributed by atoms with Crippen LogP contribution in [-0.2, 0) is 9.53 Å². The van der Waals surface area contributed by atoms with Gasteiger partial charge in [0.1, 0.15) is 0 Å². The van der Waals surface area contributed by atoms with Gasteiger partial charge in [-0.15, -0.1) is 0 Å². The minimum Gasteiger partial charge on any atom is -0.428 e. The van der Waals surface area contributed by atoms with E-state index in [0.717, 1.165) is 19.3 Å². The van der Waals surface area contributed by atoms with Crippen LogP contribution in [0.3, 0.4) is 0 Å². The van der Waals surface area contributed by atoms with Crippen molar-refractivity contribution in [3.63, 3.8) is 0 Å². The number of cyclic esters (lactones) is 1. The zero-order chi connectivity index (χ0) is 11.7. The van der Waals surface area contributed by atoms with Crippen molar-refractivity contribution in [2.45, 2.75) is 28.8 Å². The Morgan fingerprint density at radius 3 is 2.56 bits per heavy atom. The summed E-state index contributed by atoms with van der Waals surface area (Å²) in [6, 6.07) is 0. The summed E-state index contributed by atoms with van der Waals surface area (Å²) in [5.74, 6) is -2.46. The summed E-state index contributed by atoms with van der Waals surface area (Å²) in [5, 5.41) is 10.4. The molecule has 0 aromatic rings. The van der Waals surface area contributed by atoms with E-state index in [1.54, 1.807) is 0 Å². The van der Waals surface area contributed by atoms with Crippen molar-refractivity contribution >= 4 is 40.8 Å². The molecule has 0 aromatic heterocycles. The van der Waals surface area contributed by atoms with Crippen LogP contribution in [-0.4, -0.2) is 20.7 Å². The number of halogens is 3. The highest BCUT2D eigenvalue weighted by atomic mass is 35.6. The normalized spacial score (nSPS) is 50.6. The number of rotatable bonds is 0. The van der Waals surface area contributed by atoms with Gasteiger partial charge in [-0.2, -0.15) is 0 Å². The fraction of sp³-hybridized carbons (Fsp3) is 0.900. The van der Waals surface area contributed by atoms with Crippen molar-refractivity contribution in [3.8, 4) is 0 Å². The number of hydrogen-bond acceptors (Lipinski definition) is 3. The molecule has 2 aliphatic carbocycles. The summed E-state index contributed by atoms with van der Waals surface area (Å²) in [4.78, 5) is 11.7. The Bertz CT molecular complexity index is 354. The molecule has 90 valence electrons. The minimum absolute atomic E-state index is 0.238. The van der Waals surface area contributed by atoms with Crippen LogP contribution in [0, 0.1) is 23.7 Å². The Labute approximate surface area is 108 Å². The maximum atomic E-state index is 11.7. The van der Waals surface area contributed by atoms with E-state index < -0.39 is 15.5 Å². The lowest BCUT2D eigenvalue weighted by Crippen LogP contribution is -2.50. The number of hydrogen-bond donors (Lipinski definition) is 1. The zero-order valence-electron chi connectivity index (χ0n) is 8.33. The predicted molar refractivity (Wildman–Crippen MR) is 59.1 cm³/mol. The third-order valence-electron chi connectivity index (χ3n) is 4.30. The molecule has 2 saturated carbocycles. The number of alkyl halides is 3. The van der Waals surface area contributed by atoms with Crippen molar-refractivity contribution in [3.05, 3.63) is 0 Å². The molecule has 1 heterocycles. The van der Waals surface area contributed by atoms with Crippen molar-refractivity contribution in [1.29, 1.82) is 0 Å². The highest BCUT2D eigenvalue weighted by Crippen LogP contribution is 2.63. The van der Waals surface area contributed by atoms with E-state index in [9.17, 15) is 9.90 Å². The lowest BCUT2D eigenvalue weighted by atomic mass is 9.77. The Morgan fingerprint density at radius 1 is 1.31 bits per heavy atom. The predicted octanol–water partition coefficient (Wildman–Crippen LogP) is 2.26. The Balaban J connectivity index is 2.02. The Kier molecular flexibility index (Phi) is 2.27. The second-order valence-electron chi connectivity index (χ2n) is 5.00. The molecule has 3 aliphatic rings. The molecule has 0 unspecified atom stereocenters. The Morgan fingerprint density at radius 2 is 1.94 bits per heavy atom. The quantitative estimate of drug-likeness (QED) is 0.548. The molecule has 1 saturated heterocycles. The molecule has 0 spiro atoms.